The second-order valence-corrected chi connectivity index (χ2v) is 2.47. The zero-order valence-corrected chi connectivity index (χ0v) is 7.24. The summed E-state index contributed by atoms with van der Waals surface area (Å²) in [6.45, 7) is 0.456. The molecule has 0 heterocycles. The molecular formula is C10H8F2O2. The van der Waals surface area contributed by atoms with Gasteiger partial charge in [-0.2, -0.15) is 8.78 Å². The van der Waals surface area contributed by atoms with E-state index in [0.717, 1.165) is 6.08 Å². The first-order chi connectivity index (χ1) is 6.63. The highest BCUT2D eigenvalue weighted by atomic mass is 19.3. The van der Waals surface area contributed by atoms with Gasteiger partial charge >= 0.3 is 6.61 Å². The van der Waals surface area contributed by atoms with Crippen molar-refractivity contribution in [3.8, 4) is 5.75 Å². The van der Waals surface area contributed by atoms with Crippen molar-refractivity contribution in [2.45, 2.75) is 6.61 Å². The molecule has 1 aromatic rings. The highest BCUT2D eigenvalue weighted by Crippen LogP contribution is 2.15. The van der Waals surface area contributed by atoms with Gasteiger partial charge in [-0.1, -0.05) is 6.58 Å². The van der Waals surface area contributed by atoms with Crippen LogP contribution in [0.25, 0.3) is 0 Å². The molecule has 14 heavy (non-hydrogen) atoms. The summed E-state index contributed by atoms with van der Waals surface area (Å²) in [6.07, 6.45) is 1.16. The Labute approximate surface area is 79.8 Å². The Kier molecular flexibility index (Phi) is 3.34. The Hall–Kier alpha value is -1.71. The van der Waals surface area contributed by atoms with Crippen LogP contribution in [-0.4, -0.2) is 12.4 Å². The molecule has 0 spiro atoms. The SMILES string of the molecule is C=CC(=O)c1ccc(OC(F)F)cc1. The van der Waals surface area contributed by atoms with Crippen molar-refractivity contribution >= 4 is 5.78 Å². The van der Waals surface area contributed by atoms with Gasteiger partial charge in [0.25, 0.3) is 0 Å². The van der Waals surface area contributed by atoms with Gasteiger partial charge in [0.15, 0.2) is 5.78 Å². The molecule has 0 bridgehead atoms. The van der Waals surface area contributed by atoms with Crippen LogP contribution in [0.2, 0.25) is 0 Å². The van der Waals surface area contributed by atoms with Gasteiger partial charge in [0.2, 0.25) is 0 Å². The third kappa shape index (κ3) is 2.65. The van der Waals surface area contributed by atoms with Crippen LogP contribution in [0, 0.1) is 0 Å². The molecule has 0 radical (unpaired) electrons. The maximum absolute atomic E-state index is 11.7. The summed E-state index contributed by atoms with van der Waals surface area (Å²) in [4.78, 5) is 11.0. The molecule has 0 aliphatic heterocycles. The molecule has 0 unspecified atom stereocenters. The van der Waals surface area contributed by atoms with E-state index in [4.69, 9.17) is 0 Å². The van der Waals surface area contributed by atoms with E-state index in [2.05, 4.69) is 11.3 Å². The molecule has 0 aromatic heterocycles. The topological polar surface area (TPSA) is 26.3 Å². The number of hydrogen-bond donors (Lipinski definition) is 0. The van der Waals surface area contributed by atoms with Crippen LogP contribution < -0.4 is 4.74 Å². The third-order valence-electron chi connectivity index (χ3n) is 1.55. The van der Waals surface area contributed by atoms with Crippen LogP contribution in [0.5, 0.6) is 5.75 Å². The fourth-order valence-corrected chi connectivity index (χ4v) is 0.918. The minimum atomic E-state index is -2.85. The maximum Gasteiger partial charge on any atom is 0.387 e. The zero-order valence-electron chi connectivity index (χ0n) is 7.24. The third-order valence-corrected chi connectivity index (χ3v) is 1.55. The van der Waals surface area contributed by atoms with Gasteiger partial charge in [0, 0.05) is 5.56 Å². The monoisotopic (exact) mass is 198 g/mol. The molecule has 0 saturated heterocycles. The lowest BCUT2D eigenvalue weighted by Crippen LogP contribution is -2.02. The Morgan fingerprint density at radius 3 is 2.36 bits per heavy atom. The summed E-state index contributed by atoms with van der Waals surface area (Å²) in [5.41, 5.74) is 0.390. The van der Waals surface area contributed by atoms with Crippen LogP contribution in [-0.2, 0) is 0 Å². The summed E-state index contributed by atoms with van der Waals surface area (Å²) in [6, 6.07) is 5.43. The summed E-state index contributed by atoms with van der Waals surface area (Å²) in [5, 5.41) is 0. The molecular weight excluding hydrogens is 190 g/mol. The summed E-state index contributed by atoms with van der Waals surface area (Å²) >= 11 is 0. The first-order valence-electron chi connectivity index (χ1n) is 3.85. The number of ketones is 1. The Morgan fingerprint density at radius 1 is 1.36 bits per heavy atom. The van der Waals surface area contributed by atoms with Gasteiger partial charge in [0.1, 0.15) is 5.75 Å². The Balaban J connectivity index is 2.78. The molecule has 2 nitrogen and oxygen atoms in total. The molecule has 0 fully saturated rings. The number of hydrogen-bond acceptors (Lipinski definition) is 2. The van der Waals surface area contributed by atoms with Crippen LogP contribution in [0.1, 0.15) is 10.4 Å². The first kappa shape index (κ1) is 10.4. The smallest absolute Gasteiger partial charge is 0.387 e. The van der Waals surface area contributed by atoms with Crippen molar-refractivity contribution in [2.24, 2.45) is 0 Å². The van der Waals surface area contributed by atoms with Crippen molar-refractivity contribution in [1.82, 2.24) is 0 Å². The Morgan fingerprint density at radius 2 is 1.93 bits per heavy atom. The highest BCUT2D eigenvalue weighted by Gasteiger charge is 2.05. The first-order valence-corrected chi connectivity index (χ1v) is 3.85. The van der Waals surface area contributed by atoms with E-state index in [1.54, 1.807) is 0 Å². The lowest BCUT2D eigenvalue weighted by Gasteiger charge is -2.03. The van der Waals surface area contributed by atoms with Crippen LogP contribution in [0.4, 0.5) is 8.78 Å². The van der Waals surface area contributed by atoms with E-state index < -0.39 is 6.61 Å². The molecule has 0 saturated carbocycles. The molecule has 1 aromatic carbocycles. The molecule has 1 rings (SSSR count). The molecule has 74 valence electrons. The zero-order chi connectivity index (χ0) is 10.6. The van der Waals surface area contributed by atoms with Crippen LogP contribution >= 0.6 is 0 Å². The maximum atomic E-state index is 11.7. The van der Waals surface area contributed by atoms with Gasteiger partial charge in [-0.15, -0.1) is 0 Å². The lowest BCUT2D eigenvalue weighted by atomic mass is 10.1. The minimum Gasteiger partial charge on any atom is -0.435 e. The average molecular weight is 198 g/mol. The van der Waals surface area contributed by atoms with Gasteiger partial charge in [-0.05, 0) is 30.3 Å². The van der Waals surface area contributed by atoms with Gasteiger partial charge in [-0.3, -0.25) is 4.79 Å². The second-order valence-electron chi connectivity index (χ2n) is 2.47. The van der Waals surface area contributed by atoms with Crippen molar-refractivity contribution in [3.05, 3.63) is 42.5 Å². The normalized spacial score (nSPS) is 9.93. The summed E-state index contributed by atoms with van der Waals surface area (Å²) in [5.74, 6) is -0.228. The highest BCUT2D eigenvalue weighted by molar-refractivity contribution is 6.04. The quantitative estimate of drug-likeness (QED) is 0.549. The van der Waals surface area contributed by atoms with Crippen molar-refractivity contribution in [2.75, 3.05) is 0 Å². The molecule has 0 amide bonds. The van der Waals surface area contributed by atoms with Gasteiger partial charge in [-0.25, -0.2) is 0 Å². The largest absolute Gasteiger partial charge is 0.435 e. The average Bonchev–Trinajstić information content (AvgIpc) is 2.17. The number of benzene rings is 1. The van der Waals surface area contributed by atoms with Crippen LogP contribution in [0.3, 0.4) is 0 Å². The number of carbonyl (C=O) groups is 1. The lowest BCUT2D eigenvalue weighted by molar-refractivity contribution is -0.0498. The number of allylic oxidation sites excluding steroid dienone is 1. The number of halogens is 2. The molecule has 4 heteroatoms. The standard InChI is InChI=1S/C10H8F2O2/c1-2-9(13)7-3-5-8(6-4-7)14-10(11)12/h2-6,10H,1H2. The molecule has 0 aliphatic carbocycles. The van der Waals surface area contributed by atoms with Gasteiger partial charge in [0.05, 0.1) is 0 Å². The second kappa shape index (κ2) is 4.50. The van der Waals surface area contributed by atoms with Crippen molar-refractivity contribution in [3.63, 3.8) is 0 Å². The van der Waals surface area contributed by atoms with E-state index in [9.17, 15) is 13.6 Å². The fraction of sp³-hybridized carbons (Fsp3) is 0.100. The molecule has 0 N–H and O–H groups in total. The Bertz CT molecular complexity index is 330. The minimum absolute atomic E-state index is 0.0283. The van der Waals surface area contributed by atoms with E-state index >= 15 is 0 Å². The van der Waals surface area contributed by atoms with Gasteiger partial charge < -0.3 is 4.74 Å². The number of ether oxygens (including phenoxy) is 1. The number of alkyl halides is 2. The fourth-order valence-electron chi connectivity index (χ4n) is 0.918. The summed E-state index contributed by atoms with van der Waals surface area (Å²) in [7, 11) is 0. The number of carbonyl (C=O) groups excluding carboxylic acids is 1. The van der Waals surface area contributed by atoms with E-state index in [1.807, 2.05) is 0 Å². The van der Waals surface area contributed by atoms with E-state index in [0.29, 0.717) is 5.56 Å². The van der Waals surface area contributed by atoms with Crippen molar-refractivity contribution in [1.29, 1.82) is 0 Å². The predicted octanol–water partition coefficient (Wildman–Crippen LogP) is 2.66. The molecule has 0 atom stereocenters. The van der Waals surface area contributed by atoms with Crippen molar-refractivity contribution < 1.29 is 18.3 Å². The number of rotatable bonds is 4. The van der Waals surface area contributed by atoms with E-state index in [-0.39, 0.29) is 11.5 Å². The van der Waals surface area contributed by atoms with Crippen LogP contribution in [0.15, 0.2) is 36.9 Å². The summed E-state index contributed by atoms with van der Waals surface area (Å²) < 4.78 is 27.6. The predicted molar refractivity (Wildman–Crippen MR) is 47.6 cm³/mol. The molecule has 0 aliphatic rings. The van der Waals surface area contributed by atoms with E-state index in [1.165, 1.54) is 24.3 Å².